The zero-order valence-electron chi connectivity index (χ0n) is 14.4. The Labute approximate surface area is 144 Å². The average Bonchev–Trinajstić information content (AvgIpc) is 3.02. The maximum Gasteiger partial charge on any atom is 0.272 e. The molecule has 0 saturated heterocycles. The molecule has 23 heavy (non-hydrogen) atoms. The van der Waals surface area contributed by atoms with Crippen molar-refractivity contribution < 1.29 is 4.79 Å². The molecule has 2 fully saturated rings. The SMILES string of the molecule is CC(C)(C)n1nc(C(=O)NC2(CN)CCCC2)cc1C1CC1.Cl. The second kappa shape index (κ2) is 6.44. The fourth-order valence-electron chi connectivity index (χ4n) is 3.45. The standard InChI is InChI=1S/C17H28N4O.ClH/c1-16(2,3)21-14(12-6-7-12)10-13(20-21)15(22)19-17(11-18)8-4-5-9-17;/h10,12H,4-9,11,18H2,1-3H3,(H,19,22);1H. The smallest absolute Gasteiger partial charge is 0.272 e. The van der Waals surface area contributed by atoms with Crippen LogP contribution >= 0.6 is 12.4 Å². The Morgan fingerprint density at radius 2 is 2.00 bits per heavy atom. The van der Waals surface area contributed by atoms with E-state index in [-0.39, 0.29) is 29.4 Å². The lowest BCUT2D eigenvalue weighted by atomic mass is 9.97. The highest BCUT2D eigenvalue weighted by atomic mass is 35.5. The number of aromatic nitrogens is 2. The first kappa shape index (κ1) is 18.3. The molecule has 1 aromatic heterocycles. The number of carbonyl (C=O) groups excluding carboxylic acids is 1. The van der Waals surface area contributed by atoms with Crippen LogP contribution in [-0.2, 0) is 5.54 Å². The molecular weight excluding hydrogens is 312 g/mol. The molecule has 0 spiro atoms. The molecule has 1 heterocycles. The summed E-state index contributed by atoms with van der Waals surface area (Å²) in [6.45, 7) is 6.90. The first-order valence-corrected chi connectivity index (χ1v) is 8.48. The van der Waals surface area contributed by atoms with E-state index in [0.29, 0.717) is 18.2 Å². The van der Waals surface area contributed by atoms with Crippen molar-refractivity contribution in [1.29, 1.82) is 0 Å². The molecule has 2 aliphatic carbocycles. The zero-order valence-corrected chi connectivity index (χ0v) is 15.2. The van der Waals surface area contributed by atoms with E-state index >= 15 is 0 Å². The number of carbonyl (C=O) groups is 1. The molecule has 0 atom stereocenters. The zero-order chi connectivity index (χ0) is 16.0. The van der Waals surface area contributed by atoms with Crippen LogP contribution in [0.2, 0.25) is 0 Å². The molecule has 3 N–H and O–H groups in total. The van der Waals surface area contributed by atoms with E-state index in [9.17, 15) is 4.79 Å². The van der Waals surface area contributed by atoms with Gasteiger partial charge in [0, 0.05) is 18.2 Å². The lowest BCUT2D eigenvalue weighted by Gasteiger charge is -2.28. The molecule has 2 saturated carbocycles. The summed E-state index contributed by atoms with van der Waals surface area (Å²) in [5.74, 6) is 0.500. The Balaban J connectivity index is 0.00000192. The summed E-state index contributed by atoms with van der Waals surface area (Å²) in [6.07, 6.45) is 6.64. The van der Waals surface area contributed by atoms with Gasteiger partial charge < -0.3 is 11.1 Å². The van der Waals surface area contributed by atoms with E-state index in [1.165, 1.54) is 18.5 Å². The Morgan fingerprint density at radius 3 is 2.48 bits per heavy atom. The quantitative estimate of drug-likeness (QED) is 0.885. The van der Waals surface area contributed by atoms with Crippen LogP contribution < -0.4 is 11.1 Å². The largest absolute Gasteiger partial charge is 0.344 e. The minimum Gasteiger partial charge on any atom is -0.344 e. The predicted octanol–water partition coefficient (Wildman–Crippen LogP) is 2.94. The maximum atomic E-state index is 12.7. The molecule has 130 valence electrons. The normalized spacial score (nSPS) is 20.2. The van der Waals surface area contributed by atoms with Crippen LogP contribution in [0.3, 0.4) is 0 Å². The van der Waals surface area contributed by atoms with Crippen LogP contribution in [0.15, 0.2) is 6.07 Å². The lowest BCUT2D eigenvalue weighted by Crippen LogP contribution is -2.51. The van der Waals surface area contributed by atoms with E-state index < -0.39 is 0 Å². The monoisotopic (exact) mass is 340 g/mol. The molecule has 5 nitrogen and oxygen atoms in total. The number of nitrogens with one attached hydrogen (secondary N) is 1. The fraction of sp³-hybridized carbons (Fsp3) is 0.765. The van der Waals surface area contributed by atoms with Crippen molar-refractivity contribution in [2.24, 2.45) is 5.73 Å². The van der Waals surface area contributed by atoms with Gasteiger partial charge in [-0.15, -0.1) is 12.4 Å². The van der Waals surface area contributed by atoms with Crippen molar-refractivity contribution in [1.82, 2.24) is 15.1 Å². The molecule has 0 aliphatic heterocycles. The van der Waals surface area contributed by atoms with Crippen LogP contribution in [0.25, 0.3) is 0 Å². The van der Waals surface area contributed by atoms with Gasteiger partial charge in [-0.3, -0.25) is 9.48 Å². The third-order valence-corrected chi connectivity index (χ3v) is 4.93. The molecule has 6 heteroatoms. The van der Waals surface area contributed by atoms with Crippen molar-refractivity contribution in [3.05, 3.63) is 17.5 Å². The van der Waals surface area contributed by atoms with Crippen molar-refractivity contribution in [3.63, 3.8) is 0 Å². The van der Waals surface area contributed by atoms with Gasteiger partial charge in [-0.2, -0.15) is 5.10 Å². The first-order chi connectivity index (χ1) is 10.3. The molecule has 0 radical (unpaired) electrons. The van der Waals surface area contributed by atoms with Gasteiger partial charge in [0.15, 0.2) is 0 Å². The highest BCUT2D eigenvalue weighted by Gasteiger charge is 2.36. The number of halogens is 1. The minimum absolute atomic E-state index is 0. The Bertz CT molecular complexity index is 566. The summed E-state index contributed by atoms with van der Waals surface area (Å²) >= 11 is 0. The van der Waals surface area contributed by atoms with Crippen molar-refractivity contribution >= 4 is 18.3 Å². The molecular formula is C17H29ClN4O. The maximum absolute atomic E-state index is 12.7. The van der Waals surface area contributed by atoms with Crippen LogP contribution in [0.1, 0.15) is 81.4 Å². The van der Waals surface area contributed by atoms with Gasteiger partial charge in [0.2, 0.25) is 0 Å². The molecule has 2 aliphatic rings. The second-order valence-corrected chi connectivity index (χ2v) is 7.96. The van der Waals surface area contributed by atoms with Gasteiger partial charge in [-0.05, 0) is 52.5 Å². The highest BCUT2D eigenvalue weighted by molar-refractivity contribution is 5.93. The van der Waals surface area contributed by atoms with Crippen molar-refractivity contribution in [2.45, 2.75) is 76.3 Å². The van der Waals surface area contributed by atoms with Crippen LogP contribution in [-0.4, -0.2) is 27.8 Å². The van der Waals surface area contributed by atoms with Crippen molar-refractivity contribution in [3.8, 4) is 0 Å². The number of hydrogen-bond donors (Lipinski definition) is 2. The van der Waals surface area contributed by atoms with E-state index in [0.717, 1.165) is 25.7 Å². The number of rotatable bonds is 4. The number of nitrogens with zero attached hydrogens (tertiary/aromatic N) is 2. The van der Waals surface area contributed by atoms with Gasteiger partial charge in [0.05, 0.1) is 11.1 Å². The lowest BCUT2D eigenvalue weighted by molar-refractivity contribution is 0.0896. The molecule has 0 bridgehead atoms. The third-order valence-electron chi connectivity index (χ3n) is 4.93. The van der Waals surface area contributed by atoms with E-state index in [1.807, 2.05) is 10.7 Å². The number of amides is 1. The van der Waals surface area contributed by atoms with Gasteiger partial charge in [0.25, 0.3) is 5.91 Å². The van der Waals surface area contributed by atoms with Gasteiger partial charge in [0.1, 0.15) is 5.69 Å². The van der Waals surface area contributed by atoms with E-state index in [2.05, 4.69) is 31.2 Å². The van der Waals surface area contributed by atoms with Gasteiger partial charge >= 0.3 is 0 Å². The van der Waals surface area contributed by atoms with Gasteiger partial charge in [-0.1, -0.05) is 12.8 Å². The summed E-state index contributed by atoms with van der Waals surface area (Å²) < 4.78 is 2.03. The number of hydrogen-bond acceptors (Lipinski definition) is 3. The summed E-state index contributed by atoms with van der Waals surface area (Å²) in [5.41, 5.74) is 7.33. The Morgan fingerprint density at radius 1 is 1.39 bits per heavy atom. The first-order valence-electron chi connectivity index (χ1n) is 8.48. The summed E-state index contributed by atoms with van der Waals surface area (Å²) in [5, 5.41) is 7.78. The highest BCUT2D eigenvalue weighted by Crippen LogP contribution is 2.41. The van der Waals surface area contributed by atoms with Gasteiger partial charge in [-0.25, -0.2) is 0 Å². The van der Waals surface area contributed by atoms with E-state index in [4.69, 9.17) is 5.73 Å². The average molecular weight is 341 g/mol. The van der Waals surface area contributed by atoms with Crippen molar-refractivity contribution in [2.75, 3.05) is 6.54 Å². The molecule has 0 aromatic carbocycles. The van der Waals surface area contributed by atoms with Crippen LogP contribution in [0, 0.1) is 0 Å². The molecule has 1 amide bonds. The summed E-state index contributed by atoms with van der Waals surface area (Å²) in [4.78, 5) is 12.7. The fourth-order valence-corrected chi connectivity index (χ4v) is 3.45. The van der Waals surface area contributed by atoms with Crippen LogP contribution in [0.4, 0.5) is 0 Å². The van der Waals surface area contributed by atoms with E-state index in [1.54, 1.807) is 0 Å². The minimum atomic E-state index is -0.220. The molecule has 3 rings (SSSR count). The number of nitrogens with two attached hydrogens (primary N) is 1. The Kier molecular flexibility index (Phi) is 5.12. The van der Waals surface area contributed by atoms with Crippen LogP contribution in [0.5, 0.6) is 0 Å². The molecule has 0 unspecified atom stereocenters. The second-order valence-electron chi connectivity index (χ2n) is 7.96. The Hall–Kier alpha value is -1.07. The summed E-state index contributed by atoms with van der Waals surface area (Å²) in [7, 11) is 0. The summed E-state index contributed by atoms with van der Waals surface area (Å²) in [6, 6.07) is 1.98. The molecule has 1 aromatic rings. The topological polar surface area (TPSA) is 72.9 Å². The predicted molar refractivity (Wildman–Crippen MR) is 94.2 cm³/mol. The third kappa shape index (κ3) is 3.72.